The number of fused-ring (bicyclic) bond motifs is 1. The maximum atomic E-state index is 13.2. The molecular formula is C27H22N6O. The van der Waals surface area contributed by atoms with Gasteiger partial charge in [-0.3, -0.25) is 9.78 Å². The molecule has 2 aromatic carbocycles. The summed E-state index contributed by atoms with van der Waals surface area (Å²) in [6.45, 7) is 2.00. The number of nitrogens with two attached hydrogens (primary N) is 1. The van der Waals surface area contributed by atoms with Crippen LogP contribution < -0.4 is 11.1 Å². The fourth-order valence-electron chi connectivity index (χ4n) is 3.84. The van der Waals surface area contributed by atoms with Crippen molar-refractivity contribution in [3.63, 3.8) is 0 Å². The van der Waals surface area contributed by atoms with Crippen LogP contribution in [0.25, 0.3) is 33.4 Å². The quantitative estimate of drug-likeness (QED) is 0.387. The summed E-state index contributed by atoms with van der Waals surface area (Å²) in [5.74, 6) is 0.0833. The van der Waals surface area contributed by atoms with Crippen LogP contribution in [0.3, 0.4) is 0 Å². The number of carbonyl (C=O) groups excluding carboxylic acids is 1. The van der Waals surface area contributed by atoms with Gasteiger partial charge >= 0.3 is 0 Å². The van der Waals surface area contributed by atoms with Gasteiger partial charge in [-0.25, -0.2) is 15.0 Å². The van der Waals surface area contributed by atoms with Crippen molar-refractivity contribution in [2.24, 2.45) is 0 Å². The van der Waals surface area contributed by atoms with Gasteiger partial charge < -0.3 is 11.1 Å². The summed E-state index contributed by atoms with van der Waals surface area (Å²) in [6.07, 6.45) is 4.12. The zero-order chi connectivity index (χ0) is 23.5. The number of nitrogens with zero attached hydrogens (tertiary/aromatic N) is 4. The van der Waals surface area contributed by atoms with E-state index in [4.69, 9.17) is 10.7 Å². The number of anilines is 2. The second-order valence-electron chi connectivity index (χ2n) is 7.75. The number of aromatic nitrogens is 4. The van der Waals surface area contributed by atoms with Crippen LogP contribution in [0.5, 0.6) is 0 Å². The van der Waals surface area contributed by atoms with Crippen molar-refractivity contribution in [3.05, 3.63) is 96.4 Å². The molecule has 34 heavy (non-hydrogen) atoms. The van der Waals surface area contributed by atoms with Gasteiger partial charge in [-0.1, -0.05) is 55.5 Å². The SMILES string of the molecule is CCc1cccnc1NC(=O)c1nc(-c2ccc3ncccc3c2)c(-c2ccccc2)nc1N. The fraction of sp³-hybridized carbons (Fsp3) is 0.0741. The van der Waals surface area contributed by atoms with Crippen LogP contribution in [0.1, 0.15) is 23.0 Å². The van der Waals surface area contributed by atoms with E-state index in [0.29, 0.717) is 17.2 Å². The molecule has 0 radical (unpaired) electrons. The minimum absolute atomic E-state index is 0.0497. The van der Waals surface area contributed by atoms with Gasteiger partial charge in [-0.15, -0.1) is 0 Å². The minimum Gasteiger partial charge on any atom is -0.382 e. The van der Waals surface area contributed by atoms with Gasteiger partial charge in [-0.05, 0) is 36.2 Å². The lowest BCUT2D eigenvalue weighted by molar-refractivity contribution is 0.102. The molecule has 5 aromatic rings. The van der Waals surface area contributed by atoms with Gasteiger partial charge in [0.25, 0.3) is 5.91 Å². The molecule has 166 valence electrons. The zero-order valence-electron chi connectivity index (χ0n) is 18.6. The van der Waals surface area contributed by atoms with Crippen molar-refractivity contribution >= 4 is 28.4 Å². The van der Waals surface area contributed by atoms with Crippen molar-refractivity contribution < 1.29 is 4.79 Å². The summed E-state index contributed by atoms with van der Waals surface area (Å²) in [4.78, 5) is 31.2. The Balaban J connectivity index is 1.65. The summed E-state index contributed by atoms with van der Waals surface area (Å²) in [5.41, 5.74) is 10.9. The number of hydrogen-bond donors (Lipinski definition) is 2. The summed E-state index contributed by atoms with van der Waals surface area (Å²) in [6, 6.07) is 23.1. The number of nitrogens with one attached hydrogen (secondary N) is 1. The van der Waals surface area contributed by atoms with Crippen molar-refractivity contribution in [3.8, 4) is 22.5 Å². The van der Waals surface area contributed by atoms with Gasteiger partial charge in [-0.2, -0.15) is 0 Å². The van der Waals surface area contributed by atoms with Crippen LogP contribution in [0.4, 0.5) is 11.6 Å². The predicted octanol–water partition coefficient (Wildman–Crippen LogP) is 5.15. The Morgan fingerprint density at radius 1 is 0.853 bits per heavy atom. The predicted molar refractivity (Wildman–Crippen MR) is 134 cm³/mol. The van der Waals surface area contributed by atoms with E-state index in [2.05, 4.69) is 20.3 Å². The van der Waals surface area contributed by atoms with Crippen molar-refractivity contribution in [2.45, 2.75) is 13.3 Å². The third-order valence-electron chi connectivity index (χ3n) is 5.57. The first-order chi connectivity index (χ1) is 16.6. The number of amides is 1. The molecule has 5 rings (SSSR count). The Labute approximate surface area is 196 Å². The Morgan fingerprint density at radius 2 is 1.62 bits per heavy atom. The number of pyridine rings is 2. The molecular weight excluding hydrogens is 424 g/mol. The summed E-state index contributed by atoms with van der Waals surface area (Å²) in [5, 5.41) is 3.81. The second-order valence-corrected chi connectivity index (χ2v) is 7.75. The number of hydrogen-bond acceptors (Lipinski definition) is 6. The summed E-state index contributed by atoms with van der Waals surface area (Å²) >= 11 is 0. The lowest BCUT2D eigenvalue weighted by Gasteiger charge is -2.14. The first kappa shape index (κ1) is 21.2. The van der Waals surface area contributed by atoms with Crippen molar-refractivity contribution in [1.82, 2.24) is 19.9 Å². The molecule has 0 bridgehead atoms. The average Bonchev–Trinajstić information content (AvgIpc) is 2.89. The van der Waals surface area contributed by atoms with E-state index in [1.54, 1.807) is 12.4 Å². The standard InChI is InChI=1S/C27H22N6O/c1-2-17-10-6-15-30-26(17)33-27(34)24-25(28)32-22(18-8-4-3-5-9-18)23(31-24)20-12-13-21-19(16-20)11-7-14-29-21/h3-16H,2H2,1H3,(H2,28,32)(H,30,33,34). The average molecular weight is 447 g/mol. The highest BCUT2D eigenvalue weighted by Crippen LogP contribution is 2.32. The highest BCUT2D eigenvalue weighted by Gasteiger charge is 2.21. The van der Waals surface area contributed by atoms with Gasteiger partial charge in [0.15, 0.2) is 11.5 Å². The Morgan fingerprint density at radius 3 is 2.44 bits per heavy atom. The third-order valence-corrected chi connectivity index (χ3v) is 5.57. The summed E-state index contributed by atoms with van der Waals surface area (Å²) < 4.78 is 0. The Bertz CT molecular complexity index is 1500. The number of aryl methyl sites for hydroxylation is 1. The highest BCUT2D eigenvalue weighted by atomic mass is 16.2. The Kier molecular flexibility index (Phi) is 5.66. The normalized spacial score (nSPS) is 10.9. The zero-order valence-corrected chi connectivity index (χ0v) is 18.6. The number of nitrogen functional groups attached to an aromatic ring is 1. The molecule has 3 aromatic heterocycles. The highest BCUT2D eigenvalue weighted by molar-refractivity contribution is 6.06. The van der Waals surface area contributed by atoms with E-state index >= 15 is 0 Å². The lowest BCUT2D eigenvalue weighted by atomic mass is 10.0. The van der Waals surface area contributed by atoms with Crippen LogP contribution in [-0.4, -0.2) is 25.8 Å². The number of benzene rings is 2. The van der Waals surface area contributed by atoms with E-state index < -0.39 is 5.91 Å². The van der Waals surface area contributed by atoms with E-state index in [1.807, 2.05) is 79.7 Å². The monoisotopic (exact) mass is 446 g/mol. The molecule has 7 nitrogen and oxygen atoms in total. The number of rotatable bonds is 5. The van der Waals surface area contributed by atoms with Crippen molar-refractivity contribution in [1.29, 1.82) is 0 Å². The molecule has 0 unspecified atom stereocenters. The Hall–Kier alpha value is -4.65. The maximum absolute atomic E-state index is 13.2. The molecule has 3 N–H and O–H groups in total. The summed E-state index contributed by atoms with van der Waals surface area (Å²) in [7, 11) is 0. The maximum Gasteiger partial charge on any atom is 0.279 e. The molecule has 0 atom stereocenters. The van der Waals surface area contributed by atoms with E-state index in [9.17, 15) is 4.79 Å². The molecule has 0 aliphatic carbocycles. The first-order valence-corrected chi connectivity index (χ1v) is 11.0. The molecule has 0 spiro atoms. The van der Waals surface area contributed by atoms with Gasteiger partial charge in [0, 0.05) is 28.9 Å². The number of carbonyl (C=O) groups is 1. The molecule has 0 aliphatic heterocycles. The van der Waals surface area contributed by atoms with Gasteiger partial charge in [0.2, 0.25) is 0 Å². The van der Waals surface area contributed by atoms with E-state index in [-0.39, 0.29) is 11.5 Å². The van der Waals surface area contributed by atoms with Crippen LogP contribution in [0.2, 0.25) is 0 Å². The topological polar surface area (TPSA) is 107 Å². The molecule has 3 heterocycles. The lowest BCUT2D eigenvalue weighted by Crippen LogP contribution is -2.19. The largest absolute Gasteiger partial charge is 0.382 e. The fourth-order valence-corrected chi connectivity index (χ4v) is 3.84. The van der Waals surface area contributed by atoms with Crippen LogP contribution >= 0.6 is 0 Å². The van der Waals surface area contributed by atoms with E-state index in [1.165, 1.54) is 0 Å². The van der Waals surface area contributed by atoms with Crippen LogP contribution in [-0.2, 0) is 6.42 Å². The van der Waals surface area contributed by atoms with Crippen LogP contribution in [0.15, 0.2) is 85.2 Å². The third kappa shape index (κ3) is 4.06. The molecule has 0 fully saturated rings. The second kappa shape index (κ2) is 9.07. The molecule has 1 amide bonds. The molecule has 7 heteroatoms. The molecule has 0 saturated heterocycles. The van der Waals surface area contributed by atoms with Gasteiger partial charge in [0.05, 0.1) is 16.9 Å². The van der Waals surface area contributed by atoms with Crippen molar-refractivity contribution in [2.75, 3.05) is 11.1 Å². The van der Waals surface area contributed by atoms with Gasteiger partial charge in [0.1, 0.15) is 5.82 Å². The molecule has 0 aliphatic rings. The molecule has 0 saturated carbocycles. The smallest absolute Gasteiger partial charge is 0.279 e. The van der Waals surface area contributed by atoms with E-state index in [0.717, 1.165) is 34.0 Å². The first-order valence-electron chi connectivity index (χ1n) is 11.0. The minimum atomic E-state index is -0.457. The van der Waals surface area contributed by atoms with Crippen LogP contribution in [0, 0.1) is 0 Å².